The zero-order chi connectivity index (χ0) is 18.0. The summed E-state index contributed by atoms with van der Waals surface area (Å²) in [5, 5.41) is 1.79. The van der Waals surface area contributed by atoms with E-state index in [-0.39, 0.29) is 5.56 Å². The zero-order valence-electron chi connectivity index (χ0n) is 14.3. The lowest BCUT2D eigenvalue weighted by Gasteiger charge is -2.14. The molecular formula is C19H15N3OS4. The first-order valence-corrected chi connectivity index (χ1v) is 12.6. The molecule has 1 aliphatic heterocycles. The normalized spacial score (nSPS) is 18.4. The number of thiazole rings is 1. The highest BCUT2D eigenvalue weighted by molar-refractivity contribution is 8.01. The fourth-order valence-corrected chi connectivity index (χ4v) is 8.90. The van der Waals surface area contributed by atoms with Gasteiger partial charge in [-0.2, -0.15) is 4.98 Å². The third kappa shape index (κ3) is 2.61. The molecule has 0 fully saturated rings. The summed E-state index contributed by atoms with van der Waals surface area (Å²) in [4.78, 5) is 24.3. The van der Waals surface area contributed by atoms with Gasteiger partial charge in [-0.3, -0.25) is 4.79 Å². The highest BCUT2D eigenvalue weighted by atomic mass is 32.2. The summed E-state index contributed by atoms with van der Waals surface area (Å²) in [6.07, 6.45) is 3.31. The van der Waals surface area contributed by atoms with E-state index in [9.17, 15) is 4.79 Å². The molecule has 1 atom stereocenters. The van der Waals surface area contributed by atoms with E-state index in [1.165, 1.54) is 21.6 Å². The van der Waals surface area contributed by atoms with Crippen LogP contribution in [-0.2, 0) is 12.8 Å². The van der Waals surface area contributed by atoms with Crippen LogP contribution in [-0.4, -0.2) is 26.0 Å². The molecule has 0 bridgehead atoms. The number of rotatable bonds is 3. The monoisotopic (exact) mass is 429 g/mol. The number of hydrogen-bond donors (Lipinski definition) is 0. The third-order valence-corrected chi connectivity index (χ3v) is 9.90. The molecule has 27 heavy (non-hydrogen) atoms. The van der Waals surface area contributed by atoms with Crippen molar-refractivity contribution in [2.24, 2.45) is 0 Å². The molecule has 6 rings (SSSR count). The number of aromatic nitrogens is 3. The molecule has 0 radical (unpaired) electrons. The molecule has 0 unspecified atom stereocenters. The molecule has 8 heteroatoms. The number of thiophene rings is 1. The van der Waals surface area contributed by atoms with Crippen LogP contribution in [0.3, 0.4) is 0 Å². The largest absolute Gasteiger partial charge is 0.307 e. The van der Waals surface area contributed by atoms with Gasteiger partial charge in [-0.1, -0.05) is 35.7 Å². The van der Waals surface area contributed by atoms with Crippen LogP contribution in [0.5, 0.6) is 0 Å². The molecular weight excluding hydrogens is 414 g/mol. The molecule has 0 amide bonds. The number of thioether (sulfide) groups is 2. The molecule has 0 saturated heterocycles. The molecule has 4 aromatic rings. The van der Waals surface area contributed by atoms with Crippen molar-refractivity contribution in [3.05, 3.63) is 45.1 Å². The van der Waals surface area contributed by atoms with Gasteiger partial charge >= 0.3 is 0 Å². The lowest BCUT2D eigenvalue weighted by atomic mass is 10.2. The second-order valence-electron chi connectivity index (χ2n) is 6.83. The SMILES string of the molecule is O=c1nc2n(c3sc4c(c13)CCC4)[C@H](CSc1nc3ccccc3s1)CS2. The van der Waals surface area contributed by atoms with E-state index in [0.29, 0.717) is 6.04 Å². The summed E-state index contributed by atoms with van der Waals surface area (Å²) >= 11 is 7.12. The summed E-state index contributed by atoms with van der Waals surface area (Å²) in [7, 11) is 0. The van der Waals surface area contributed by atoms with Crippen molar-refractivity contribution < 1.29 is 0 Å². The maximum atomic E-state index is 12.6. The lowest BCUT2D eigenvalue weighted by molar-refractivity contribution is 0.595. The molecule has 2 aliphatic rings. The van der Waals surface area contributed by atoms with Crippen molar-refractivity contribution in [1.29, 1.82) is 0 Å². The second kappa shape index (κ2) is 6.34. The molecule has 136 valence electrons. The Morgan fingerprint density at radius 2 is 2.11 bits per heavy atom. The Morgan fingerprint density at radius 3 is 3.04 bits per heavy atom. The predicted molar refractivity (Wildman–Crippen MR) is 116 cm³/mol. The average Bonchev–Trinajstić information content (AvgIpc) is 3.40. The van der Waals surface area contributed by atoms with Crippen LogP contribution >= 0.6 is 46.2 Å². The van der Waals surface area contributed by atoms with Gasteiger partial charge in [0.1, 0.15) is 4.83 Å². The summed E-state index contributed by atoms with van der Waals surface area (Å²) in [5.41, 5.74) is 2.33. The van der Waals surface area contributed by atoms with Crippen LogP contribution in [0, 0.1) is 0 Å². The highest BCUT2D eigenvalue weighted by Gasteiger charge is 2.30. The zero-order valence-corrected chi connectivity index (χ0v) is 17.6. The maximum absolute atomic E-state index is 12.6. The van der Waals surface area contributed by atoms with Gasteiger partial charge in [0.2, 0.25) is 0 Å². The Hall–Kier alpha value is -1.35. The van der Waals surface area contributed by atoms with Gasteiger partial charge in [-0.25, -0.2) is 4.98 Å². The Morgan fingerprint density at radius 1 is 1.19 bits per heavy atom. The summed E-state index contributed by atoms with van der Waals surface area (Å²) in [6, 6.07) is 8.66. The number of fused-ring (bicyclic) bond motifs is 6. The van der Waals surface area contributed by atoms with Crippen LogP contribution in [0.15, 0.2) is 38.6 Å². The van der Waals surface area contributed by atoms with Gasteiger partial charge in [0.05, 0.1) is 21.6 Å². The highest BCUT2D eigenvalue weighted by Crippen LogP contribution is 2.43. The van der Waals surface area contributed by atoms with Crippen molar-refractivity contribution in [3.8, 4) is 0 Å². The van der Waals surface area contributed by atoms with Gasteiger partial charge in [0, 0.05) is 16.4 Å². The summed E-state index contributed by atoms with van der Waals surface area (Å²) < 4.78 is 4.70. The van der Waals surface area contributed by atoms with Crippen LogP contribution in [0.2, 0.25) is 0 Å². The molecule has 4 nitrogen and oxygen atoms in total. The molecule has 0 spiro atoms. The Bertz CT molecular complexity index is 1220. The fraction of sp³-hybridized carbons (Fsp3) is 0.316. The van der Waals surface area contributed by atoms with Crippen LogP contribution in [0.1, 0.15) is 22.9 Å². The first-order valence-electron chi connectivity index (χ1n) is 8.96. The second-order valence-corrected chi connectivity index (χ2v) is 11.2. The quantitative estimate of drug-likeness (QED) is 0.339. The number of nitrogens with zero attached hydrogens (tertiary/aromatic N) is 3. The third-order valence-electron chi connectivity index (χ3n) is 5.18. The van der Waals surface area contributed by atoms with E-state index in [4.69, 9.17) is 4.98 Å². The van der Waals surface area contributed by atoms with E-state index in [1.807, 2.05) is 29.2 Å². The van der Waals surface area contributed by atoms with Crippen LogP contribution < -0.4 is 5.56 Å². The minimum absolute atomic E-state index is 0.0253. The Balaban J connectivity index is 1.36. The number of benzene rings is 1. The summed E-state index contributed by atoms with van der Waals surface area (Å²) in [6.45, 7) is 0. The van der Waals surface area contributed by atoms with E-state index in [2.05, 4.69) is 27.8 Å². The number of aryl methyl sites for hydroxylation is 2. The number of para-hydroxylation sites is 1. The van der Waals surface area contributed by atoms with Gasteiger partial charge in [0.15, 0.2) is 9.50 Å². The molecule has 3 aromatic heterocycles. The standard InChI is InChI=1S/C19H15N3OS4/c23-16-15-11-4-3-7-13(11)26-17(15)22-10(8-24-18(22)21-16)9-25-19-20-12-5-1-2-6-14(12)27-19/h1-2,5-6,10H,3-4,7-9H2/t10-/m0/s1. The number of hydrogen-bond acceptors (Lipinski definition) is 7. The van der Waals surface area contributed by atoms with E-state index in [0.717, 1.165) is 49.6 Å². The molecule has 0 saturated carbocycles. The smallest absolute Gasteiger partial charge is 0.282 e. The first-order chi connectivity index (χ1) is 13.3. The lowest BCUT2D eigenvalue weighted by Crippen LogP contribution is -2.17. The van der Waals surface area contributed by atoms with E-state index >= 15 is 0 Å². The van der Waals surface area contributed by atoms with E-state index < -0.39 is 0 Å². The molecule has 4 heterocycles. The summed E-state index contributed by atoms with van der Waals surface area (Å²) in [5.74, 6) is 1.94. The Labute approximate surface area is 172 Å². The van der Waals surface area contributed by atoms with Crippen LogP contribution in [0.25, 0.3) is 20.4 Å². The predicted octanol–water partition coefficient (Wildman–Crippen LogP) is 5.00. The van der Waals surface area contributed by atoms with Crippen LogP contribution in [0.4, 0.5) is 0 Å². The minimum atomic E-state index is -0.0253. The van der Waals surface area contributed by atoms with Gasteiger partial charge in [0.25, 0.3) is 5.56 Å². The minimum Gasteiger partial charge on any atom is -0.307 e. The fourth-order valence-electron chi connectivity index (χ4n) is 3.94. The van der Waals surface area contributed by atoms with Gasteiger partial charge in [-0.05, 0) is 37.0 Å². The molecule has 1 aliphatic carbocycles. The van der Waals surface area contributed by atoms with Crippen molar-refractivity contribution in [3.63, 3.8) is 0 Å². The molecule has 1 aromatic carbocycles. The molecule has 0 N–H and O–H groups in total. The van der Waals surface area contributed by atoms with Crippen molar-refractivity contribution in [2.45, 2.75) is 34.8 Å². The van der Waals surface area contributed by atoms with E-state index in [1.54, 1.807) is 23.1 Å². The van der Waals surface area contributed by atoms with Gasteiger partial charge in [-0.15, -0.1) is 22.7 Å². The average molecular weight is 430 g/mol. The first kappa shape index (κ1) is 16.6. The van der Waals surface area contributed by atoms with Crippen molar-refractivity contribution in [2.75, 3.05) is 11.5 Å². The topological polar surface area (TPSA) is 47.8 Å². The Kier molecular flexibility index (Phi) is 3.89. The van der Waals surface area contributed by atoms with Crippen molar-refractivity contribution in [1.82, 2.24) is 14.5 Å². The maximum Gasteiger partial charge on any atom is 0.282 e. The van der Waals surface area contributed by atoms with Gasteiger partial charge < -0.3 is 4.57 Å². The van der Waals surface area contributed by atoms with Crippen molar-refractivity contribution >= 4 is 66.6 Å².